The normalized spacial score (nSPS) is 10.6. The standard InChI is InChI=1S/C7H13N3O2/c1-10-6(3-4-12-2)8-9-7(10)5-11/h11H,3-5H2,1-2H3. The third kappa shape index (κ3) is 1.80. The largest absolute Gasteiger partial charge is 0.388 e. The van der Waals surface area contributed by atoms with Gasteiger partial charge in [-0.2, -0.15) is 0 Å². The van der Waals surface area contributed by atoms with Gasteiger partial charge >= 0.3 is 0 Å². The molecule has 0 bridgehead atoms. The van der Waals surface area contributed by atoms with E-state index in [1.54, 1.807) is 11.7 Å². The molecule has 0 radical (unpaired) electrons. The van der Waals surface area contributed by atoms with E-state index in [-0.39, 0.29) is 6.61 Å². The first-order chi connectivity index (χ1) is 5.79. The van der Waals surface area contributed by atoms with E-state index in [0.717, 1.165) is 12.2 Å². The summed E-state index contributed by atoms with van der Waals surface area (Å²) >= 11 is 0. The molecule has 0 spiro atoms. The van der Waals surface area contributed by atoms with Gasteiger partial charge in [0.1, 0.15) is 12.4 Å². The van der Waals surface area contributed by atoms with Gasteiger partial charge in [0.25, 0.3) is 0 Å². The fourth-order valence-electron chi connectivity index (χ4n) is 0.947. The van der Waals surface area contributed by atoms with Crippen LogP contribution in [0.15, 0.2) is 0 Å². The third-order valence-corrected chi connectivity index (χ3v) is 1.73. The van der Waals surface area contributed by atoms with Crippen molar-refractivity contribution in [1.82, 2.24) is 14.8 Å². The Morgan fingerprint density at radius 1 is 1.42 bits per heavy atom. The fraction of sp³-hybridized carbons (Fsp3) is 0.714. The molecule has 0 saturated carbocycles. The van der Waals surface area contributed by atoms with Gasteiger partial charge in [-0.15, -0.1) is 10.2 Å². The van der Waals surface area contributed by atoms with Crippen molar-refractivity contribution < 1.29 is 9.84 Å². The Hall–Kier alpha value is -0.940. The van der Waals surface area contributed by atoms with Crippen LogP contribution in [0.4, 0.5) is 0 Å². The van der Waals surface area contributed by atoms with Crippen LogP contribution in [0, 0.1) is 0 Å². The molecule has 1 heterocycles. The van der Waals surface area contributed by atoms with Gasteiger partial charge in [-0.1, -0.05) is 0 Å². The number of hydrogen-bond acceptors (Lipinski definition) is 4. The predicted octanol–water partition coefficient (Wildman–Crippen LogP) is -0.504. The van der Waals surface area contributed by atoms with Crippen molar-refractivity contribution in [2.45, 2.75) is 13.0 Å². The number of rotatable bonds is 4. The molecule has 5 heteroatoms. The van der Waals surface area contributed by atoms with Crippen molar-refractivity contribution in [3.8, 4) is 0 Å². The average molecular weight is 171 g/mol. The first kappa shape index (κ1) is 9.15. The zero-order chi connectivity index (χ0) is 8.97. The van der Waals surface area contributed by atoms with Gasteiger partial charge in [-0.25, -0.2) is 0 Å². The summed E-state index contributed by atoms with van der Waals surface area (Å²) in [5.41, 5.74) is 0. The summed E-state index contributed by atoms with van der Waals surface area (Å²) < 4.78 is 6.68. The molecular formula is C7H13N3O2. The Bertz CT molecular complexity index is 247. The maximum Gasteiger partial charge on any atom is 0.158 e. The molecule has 0 fully saturated rings. The molecule has 5 nitrogen and oxygen atoms in total. The van der Waals surface area contributed by atoms with E-state index in [4.69, 9.17) is 9.84 Å². The van der Waals surface area contributed by atoms with Gasteiger partial charge in [0, 0.05) is 20.6 Å². The van der Waals surface area contributed by atoms with E-state index in [1.807, 2.05) is 7.05 Å². The topological polar surface area (TPSA) is 60.2 Å². The van der Waals surface area contributed by atoms with E-state index in [9.17, 15) is 0 Å². The van der Waals surface area contributed by atoms with Crippen molar-refractivity contribution in [1.29, 1.82) is 0 Å². The molecule has 68 valence electrons. The summed E-state index contributed by atoms with van der Waals surface area (Å²) in [6, 6.07) is 0. The minimum Gasteiger partial charge on any atom is -0.388 e. The minimum atomic E-state index is -0.0729. The maximum absolute atomic E-state index is 8.80. The summed E-state index contributed by atoms with van der Waals surface area (Å²) in [4.78, 5) is 0. The summed E-state index contributed by atoms with van der Waals surface area (Å²) in [5, 5.41) is 16.5. The molecule has 1 aromatic rings. The van der Waals surface area contributed by atoms with Crippen molar-refractivity contribution in [2.75, 3.05) is 13.7 Å². The Morgan fingerprint density at radius 2 is 2.08 bits per heavy atom. The molecule has 12 heavy (non-hydrogen) atoms. The van der Waals surface area contributed by atoms with Crippen molar-refractivity contribution in [2.24, 2.45) is 7.05 Å². The number of aliphatic hydroxyl groups is 1. The van der Waals surface area contributed by atoms with Crippen LogP contribution < -0.4 is 0 Å². The number of methoxy groups -OCH3 is 1. The van der Waals surface area contributed by atoms with Crippen LogP contribution in [-0.4, -0.2) is 33.6 Å². The molecule has 0 amide bonds. The summed E-state index contributed by atoms with van der Waals surface area (Å²) in [5.74, 6) is 1.42. The highest BCUT2D eigenvalue weighted by Gasteiger charge is 2.05. The van der Waals surface area contributed by atoms with Crippen LogP contribution in [0.3, 0.4) is 0 Å². The number of aliphatic hydroxyl groups excluding tert-OH is 1. The van der Waals surface area contributed by atoms with E-state index < -0.39 is 0 Å². The second-order valence-electron chi connectivity index (χ2n) is 2.49. The average Bonchev–Trinajstić information content (AvgIpc) is 2.43. The second-order valence-corrected chi connectivity index (χ2v) is 2.49. The van der Waals surface area contributed by atoms with Crippen LogP contribution in [-0.2, 0) is 24.8 Å². The molecule has 1 rings (SSSR count). The van der Waals surface area contributed by atoms with Crippen LogP contribution in [0.25, 0.3) is 0 Å². The van der Waals surface area contributed by atoms with Crippen LogP contribution >= 0.6 is 0 Å². The van der Waals surface area contributed by atoms with Crippen LogP contribution in [0.5, 0.6) is 0 Å². The molecule has 0 unspecified atom stereocenters. The van der Waals surface area contributed by atoms with Crippen LogP contribution in [0.2, 0.25) is 0 Å². The zero-order valence-corrected chi connectivity index (χ0v) is 7.32. The Balaban J connectivity index is 2.66. The molecular weight excluding hydrogens is 158 g/mol. The monoisotopic (exact) mass is 171 g/mol. The summed E-state index contributed by atoms with van der Waals surface area (Å²) in [7, 11) is 3.47. The predicted molar refractivity (Wildman–Crippen MR) is 42.5 cm³/mol. The third-order valence-electron chi connectivity index (χ3n) is 1.73. The Labute approximate surface area is 71.0 Å². The lowest BCUT2D eigenvalue weighted by molar-refractivity contribution is 0.199. The molecule has 1 aromatic heterocycles. The molecule has 0 aliphatic heterocycles. The minimum absolute atomic E-state index is 0.0729. The molecule has 1 N–H and O–H groups in total. The lowest BCUT2D eigenvalue weighted by Crippen LogP contribution is -2.05. The quantitative estimate of drug-likeness (QED) is 0.663. The highest BCUT2D eigenvalue weighted by atomic mass is 16.5. The molecule has 0 atom stereocenters. The van der Waals surface area contributed by atoms with Gasteiger partial charge in [-0.3, -0.25) is 0 Å². The number of ether oxygens (including phenoxy) is 1. The van der Waals surface area contributed by atoms with Crippen molar-refractivity contribution in [3.63, 3.8) is 0 Å². The lowest BCUT2D eigenvalue weighted by atomic mass is 10.4. The van der Waals surface area contributed by atoms with Gasteiger partial charge < -0.3 is 14.4 Å². The lowest BCUT2D eigenvalue weighted by Gasteiger charge is -2.00. The fourth-order valence-corrected chi connectivity index (χ4v) is 0.947. The summed E-state index contributed by atoms with van der Waals surface area (Å²) in [6.07, 6.45) is 0.722. The van der Waals surface area contributed by atoms with Crippen molar-refractivity contribution in [3.05, 3.63) is 11.6 Å². The van der Waals surface area contributed by atoms with Crippen molar-refractivity contribution >= 4 is 0 Å². The van der Waals surface area contributed by atoms with Gasteiger partial charge in [-0.05, 0) is 0 Å². The van der Waals surface area contributed by atoms with Gasteiger partial charge in [0.05, 0.1) is 6.61 Å². The first-order valence-electron chi connectivity index (χ1n) is 3.76. The van der Waals surface area contributed by atoms with E-state index in [0.29, 0.717) is 12.4 Å². The smallest absolute Gasteiger partial charge is 0.158 e. The molecule has 0 aromatic carbocycles. The zero-order valence-electron chi connectivity index (χ0n) is 7.32. The molecule has 0 saturated heterocycles. The highest BCUT2D eigenvalue weighted by Crippen LogP contribution is 1.99. The number of nitrogens with zero attached hydrogens (tertiary/aromatic N) is 3. The van der Waals surface area contributed by atoms with Gasteiger partial charge in [0.15, 0.2) is 5.82 Å². The Kier molecular flexibility index (Phi) is 3.19. The Morgan fingerprint density at radius 3 is 2.58 bits per heavy atom. The molecule has 0 aliphatic rings. The van der Waals surface area contributed by atoms with E-state index in [2.05, 4.69) is 10.2 Å². The van der Waals surface area contributed by atoms with E-state index >= 15 is 0 Å². The first-order valence-corrected chi connectivity index (χ1v) is 3.76. The SMILES string of the molecule is COCCc1nnc(CO)n1C. The van der Waals surface area contributed by atoms with E-state index in [1.165, 1.54) is 0 Å². The number of hydrogen-bond donors (Lipinski definition) is 1. The maximum atomic E-state index is 8.80. The molecule has 0 aliphatic carbocycles. The highest BCUT2D eigenvalue weighted by molar-refractivity contribution is 4.93. The summed E-state index contributed by atoms with van der Waals surface area (Å²) in [6.45, 7) is 0.549. The number of aromatic nitrogens is 3. The second kappa shape index (κ2) is 4.18. The van der Waals surface area contributed by atoms with Gasteiger partial charge in [0.2, 0.25) is 0 Å². The van der Waals surface area contributed by atoms with Crippen LogP contribution in [0.1, 0.15) is 11.6 Å².